The Kier molecular flexibility index (Phi) is 5.51. The summed E-state index contributed by atoms with van der Waals surface area (Å²) < 4.78 is 53.9. The molecular formula is C17H19ClO5S2. The maximum Gasteiger partial charge on any atom is 0.340 e. The van der Waals surface area contributed by atoms with E-state index in [1.54, 1.807) is 19.1 Å². The lowest BCUT2D eigenvalue weighted by Gasteiger charge is -2.14. The van der Waals surface area contributed by atoms with E-state index in [9.17, 15) is 16.8 Å². The van der Waals surface area contributed by atoms with Gasteiger partial charge in [-0.15, -0.1) is 0 Å². The number of hydrogen-bond donors (Lipinski definition) is 0. The Labute approximate surface area is 153 Å². The van der Waals surface area contributed by atoms with Crippen molar-refractivity contribution in [1.29, 1.82) is 0 Å². The highest BCUT2D eigenvalue weighted by Gasteiger charge is 2.24. The summed E-state index contributed by atoms with van der Waals surface area (Å²) in [4.78, 5) is -0.529. The number of halogens is 1. The molecule has 0 saturated heterocycles. The Morgan fingerprint density at radius 2 is 1.64 bits per heavy atom. The minimum atomic E-state index is -4.29. The molecule has 2 rings (SSSR count). The van der Waals surface area contributed by atoms with Crippen molar-refractivity contribution in [3.05, 3.63) is 52.5 Å². The van der Waals surface area contributed by atoms with E-state index in [-0.39, 0.29) is 26.5 Å². The van der Waals surface area contributed by atoms with E-state index >= 15 is 0 Å². The van der Waals surface area contributed by atoms with Gasteiger partial charge in [0, 0.05) is 6.26 Å². The number of benzene rings is 2. The maximum atomic E-state index is 12.6. The van der Waals surface area contributed by atoms with Gasteiger partial charge in [-0.25, -0.2) is 8.42 Å². The van der Waals surface area contributed by atoms with E-state index < -0.39 is 20.0 Å². The monoisotopic (exact) mass is 402 g/mol. The van der Waals surface area contributed by atoms with Crippen molar-refractivity contribution in [2.45, 2.75) is 36.5 Å². The largest absolute Gasteiger partial charge is 0.379 e. The zero-order chi connectivity index (χ0) is 19.0. The van der Waals surface area contributed by atoms with Crippen LogP contribution in [0, 0.1) is 6.92 Å². The number of hydrogen-bond acceptors (Lipinski definition) is 5. The van der Waals surface area contributed by atoms with Crippen LogP contribution in [-0.2, 0) is 20.0 Å². The van der Waals surface area contributed by atoms with E-state index in [4.69, 9.17) is 15.8 Å². The highest BCUT2D eigenvalue weighted by molar-refractivity contribution is 7.90. The van der Waals surface area contributed by atoms with Gasteiger partial charge in [-0.3, -0.25) is 0 Å². The van der Waals surface area contributed by atoms with Gasteiger partial charge in [0.1, 0.15) is 10.6 Å². The van der Waals surface area contributed by atoms with E-state index in [1.807, 2.05) is 19.9 Å². The first-order valence-corrected chi connectivity index (χ1v) is 11.1. The van der Waals surface area contributed by atoms with Crippen LogP contribution in [0.5, 0.6) is 5.75 Å². The first-order chi connectivity index (χ1) is 11.4. The third-order valence-corrected chi connectivity index (χ3v) is 6.51. The third-order valence-electron chi connectivity index (χ3n) is 3.68. The molecule has 0 aliphatic heterocycles. The van der Waals surface area contributed by atoms with Crippen LogP contribution in [-0.4, -0.2) is 23.1 Å². The smallest absolute Gasteiger partial charge is 0.340 e. The fourth-order valence-electron chi connectivity index (χ4n) is 2.13. The Balaban J connectivity index is 2.52. The van der Waals surface area contributed by atoms with Crippen molar-refractivity contribution >= 4 is 31.6 Å². The zero-order valence-corrected chi connectivity index (χ0v) is 16.7. The van der Waals surface area contributed by atoms with Crippen molar-refractivity contribution in [1.82, 2.24) is 0 Å². The summed E-state index contributed by atoms with van der Waals surface area (Å²) in [6, 6.07) is 8.82. The SMILES string of the molecule is Cc1ccc(C(C)C)cc1OS(=O)(=O)c1cc(S(C)(=O)=O)ccc1Cl. The van der Waals surface area contributed by atoms with Gasteiger partial charge < -0.3 is 4.18 Å². The molecular weight excluding hydrogens is 384 g/mol. The molecule has 0 unspecified atom stereocenters. The van der Waals surface area contributed by atoms with Crippen molar-refractivity contribution < 1.29 is 21.0 Å². The summed E-state index contributed by atoms with van der Waals surface area (Å²) >= 11 is 5.96. The van der Waals surface area contributed by atoms with Crippen molar-refractivity contribution in [3.8, 4) is 5.75 Å². The lowest BCUT2D eigenvalue weighted by Crippen LogP contribution is -2.12. The van der Waals surface area contributed by atoms with Crippen molar-refractivity contribution in [3.63, 3.8) is 0 Å². The maximum absolute atomic E-state index is 12.6. The van der Waals surface area contributed by atoms with Crippen LogP contribution in [0.25, 0.3) is 0 Å². The van der Waals surface area contributed by atoms with Gasteiger partial charge in [-0.2, -0.15) is 8.42 Å². The summed E-state index contributed by atoms with van der Waals surface area (Å²) in [5, 5.41) is -0.106. The molecule has 25 heavy (non-hydrogen) atoms. The highest BCUT2D eigenvalue weighted by atomic mass is 35.5. The normalized spacial score (nSPS) is 12.4. The molecule has 0 radical (unpaired) electrons. The van der Waals surface area contributed by atoms with Crippen molar-refractivity contribution in [2.75, 3.05) is 6.26 Å². The molecule has 0 fully saturated rings. The number of rotatable bonds is 5. The topological polar surface area (TPSA) is 77.5 Å². The van der Waals surface area contributed by atoms with Gasteiger partial charge >= 0.3 is 10.1 Å². The first kappa shape index (κ1) is 19.8. The Bertz CT molecular complexity index is 1010. The first-order valence-electron chi connectivity index (χ1n) is 7.46. The van der Waals surface area contributed by atoms with E-state index in [0.29, 0.717) is 5.56 Å². The second kappa shape index (κ2) is 6.97. The molecule has 0 bridgehead atoms. The molecule has 0 atom stereocenters. The second-order valence-corrected chi connectivity index (χ2v) is 10.0. The predicted molar refractivity (Wildman–Crippen MR) is 97.6 cm³/mol. The fraction of sp³-hybridized carbons (Fsp3) is 0.294. The summed E-state index contributed by atoms with van der Waals surface area (Å²) in [6.45, 7) is 5.69. The zero-order valence-electron chi connectivity index (χ0n) is 14.3. The van der Waals surface area contributed by atoms with Crippen LogP contribution in [0.1, 0.15) is 30.9 Å². The lowest BCUT2D eigenvalue weighted by molar-refractivity contribution is 0.483. The van der Waals surface area contributed by atoms with Crippen LogP contribution in [0.4, 0.5) is 0 Å². The van der Waals surface area contributed by atoms with Gasteiger partial charge in [0.15, 0.2) is 9.84 Å². The van der Waals surface area contributed by atoms with Gasteiger partial charge in [0.25, 0.3) is 0 Å². The Morgan fingerprint density at radius 1 is 1.00 bits per heavy atom. The fourth-order valence-corrected chi connectivity index (χ4v) is 4.34. The van der Waals surface area contributed by atoms with Gasteiger partial charge in [-0.05, 0) is 48.2 Å². The van der Waals surface area contributed by atoms with Crippen LogP contribution >= 0.6 is 11.6 Å². The Hall–Kier alpha value is -1.57. The minimum absolute atomic E-state index is 0.106. The van der Waals surface area contributed by atoms with E-state index in [0.717, 1.165) is 17.9 Å². The third kappa shape index (κ3) is 4.54. The lowest BCUT2D eigenvalue weighted by atomic mass is 10.0. The van der Waals surface area contributed by atoms with E-state index in [1.165, 1.54) is 12.1 Å². The molecule has 0 amide bonds. The molecule has 2 aromatic rings. The Morgan fingerprint density at radius 3 is 2.20 bits per heavy atom. The molecule has 0 N–H and O–H groups in total. The summed E-state index contributed by atoms with van der Waals surface area (Å²) in [5.74, 6) is 0.384. The molecule has 0 aliphatic carbocycles. The minimum Gasteiger partial charge on any atom is -0.379 e. The summed E-state index contributed by atoms with van der Waals surface area (Å²) in [7, 11) is -7.87. The van der Waals surface area contributed by atoms with Crippen LogP contribution in [0.2, 0.25) is 5.02 Å². The second-order valence-electron chi connectivity index (χ2n) is 6.08. The van der Waals surface area contributed by atoms with Crippen molar-refractivity contribution in [2.24, 2.45) is 0 Å². The van der Waals surface area contributed by atoms with Gasteiger partial charge in [0.2, 0.25) is 0 Å². The van der Waals surface area contributed by atoms with Gasteiger partial charge in [0.05, 0.1) is 9.92 Å². The van der Waals surface area contributed by atoms with Crippen LogP contribution in [0.15, 0.2) is 46.2 Å². The molecule has 136 valence electrons. The summed E-state index contributed by atoms with van der Waals surface area (Å²) in [5.41, 5.74) is 1.56. The highest BCUT2D eigenvalue weighted by Crippen LogP contribution is 2.30. The number of sulfone groups is 1. The molecule has 0 heterocycles. The molecule has 8 heteroatoms. The van der Waals surface area contributed by atoms with Gasteiger partial charge in [-0.1, -0.05) is 37.6 Å². The van der Waals surface area contributed by atoms with Crippen LogP contribution < -0.4 is 4.18 Å². The molecule has 0 aliphatic rings. The molecule has 0 spiro atoms. The molecule has 5 nitrogen and oxygen atoms in total. The molecule has 2 aromatic carbocycles. The molecule has 0 aromatic heterocycles. The predicted octanol–water partition coefficient (Wildman–Crippen LogP) is 3.94. The quantitative estimate of drug-likeness (QED) is 0.708. The summed E-state index contributed by atoms with van der Waals surface area (Å²) in [6.07, 6.45) is 0.990. The van der Waals surface area contributed by atoms with Crippen LogP contribution in [0.3, 0.4) is 0 Å². The standard InChI is InChI=1S/C17H19ClO5S2/c1-11(2)13-6-5-12(3)16(9-13)23-25(21,22)17-10-14(24(4,19)20)7-8-15(17)18/h5-11H,1-4H3. The number of aryl methyl sites for hydroxylation is 1. The van der Waals surface area contributed by atoms with E-state index in [2.05, 4.69) is 0 Å². The average Bonchev–Trinajstić information content (AvgIpc) is 2.48. The average molecular weight is 403 g/mol. The molecule has 0 saturated carbocycles.